The molecule has 0 bridgehead atoms. The molecule has 5 nitrogen and oxygen atoms in total. The lowest BCUT2D eigenvalue weighted by atomic mass is 9.93. The molecule has 2 amide bonds. The second-order valence-corrected chi connectivity index (χ2v) is 8.03. The van der Waals surface area contributed by atoms with Crippen LogP contribution in [0.1, 0.15) is 56.4 Å². The van der Waals surface area contributed by atoms with Crippen LogP contribution in [0.4, 0.5) is 0 Å². The fourth-order valence-electron chi connectivity index (χ4n) is 3.88. The highest BCUT2D eigenvalue weighted by Crippen LogP contribution is 2.30. The number of nitrogens with zero attached hydrogens (tertiary/aromatic N) is 3. The number of hydrogen-bond donors (Lipinski definition) is 0. The maximum absolute atomic E-state index is 12.8. The summed E-state index contributed by atoms with van der Waals surface area (Å²) in [7, 11) is 1.88. The third-order valence-corrected chi connectivity index (χ3v) is 6.60. The maximum atomic E-state index is 12.8. The summed E-state index contributed by atoms with van der Waals surface area (Å²) in [6.45, 7) is 3.51. The Morgan fingerprint density at radius 2 is 1.88 bits per heavy atom. The van der Waals surface area contributed by atoms with Gasteiger partial charge in [-0.15, -0.1) is 11.3 Å². The van der Waals surface area contributed by atoms with E-state index in [-0.39, 0.29) is 23.8 Å². The molecule has 2 heterocycles. The minimum absolute atomic E-state index is 0.0398. The van der Waals surface area contributed by atoms with Crippen LogP contribution in [0.2, 0.25) is 0 Å². The topological polar surface area (TPSA) is 53.5 Å². The van der Waals surface area contributed by atoms with Gasteiger partial charge in [-0.25, -0.2) is 0 Å². The molecule has 2 aliphatic rings. The van der Waals surface area contributed by atoms with Crippen molar-refractivity contribution < 1.29 is 9.59 Å². The van der Waals surface area contributed by atoms with E-state index in [0.717, 1.165) is 43.6 Å². The lowest BCUT2D eigenvalue weighted by Gasteiger charge is -2.35. The third kappa shape index (κ3) is 3.63. The minimum atomic E-state index is 0.0398. The van der Waals surface area contributed by atoms with Gasteiger partial charge in [-0.2, -0.15) is 0 Å². The van der Waals surface area contributed by atoms with Crippen LogP contribution in [0.3, 0.4) is 0 Å². The van der Waals surface area contributed by atoms with Crippen molar-refractivity contribution in [2.24, 2.45) is 11.8 Å². The van der Waals surface area contributed by atoms with E-state index in [4.69, 9.17) is 0 Å². The third-order valence-electron chi connectivity index (χ3n) is 5.65. The molecule has 1 aliphatic carbocycles. The summed E-state index contributed by atoms with van der Waals surface area (Å²) in [5, 5.41) is 0. The molecule has 0 spiro atoms. The molecule has 1 saturated carbocycles. The van der Waals surface area contributed by atoms with Gasteiger partial charge in [0.05, 0.1) is 11.6 Å². The van der Waals surface area contributed by atoms with Crippen molar-refractivity contribution in [2.45, 2.75) is 51.5 Å². The first-order chi connectivity index (χ1) is 11.6. The van der Waals surface area contributed by atoms with Crippen LogP contribution in [0.15, 0.2) is 11.7 Å². The van der Waals surface area contributed by atoms with E-state index in [1.54, 1.807) is 16.8 Å². The predicted octanol–water partition coefficient (Wildman–Crippen LogP) is 3.09. The van der Waals surface area contributed by atoms with E-state index in [1.165, 1.54) is 12.8 Å². The van der Waals surface area contributed by atoms with Gasteiger partial charge in [-0.05, 0) is 32.6 Å². The number of thiazole rings is 1. The Hall–Kier alpha value is -1.43. The lowest BCUT2D eigenvalue weighted by Crippen LogP contribution is -2.45. The van der Waals surface area contributed by atoms with Crippen LogP contribution >= 0.6 is 11.3 Å². The van der Waals surface area contributed by atoms with Crippen molar-refractivity contribution >= 4 is 23.2 Å². The van der Waals surface area contributed by atoms with E-state index < -0.39 is 0 Å². The average Bonchev–Trinajstić information content (AvgIpc) is 3.32. The van der Waals surface area contributed by atoms with Gasteiger partial charge in [0.25, 0.3) is 0 Å². The molecule has 0 unspecified atom stereocenters. The molecule has 132 valence electrons. The molecule has 1 aromatic heterocycles. The summed E-state index contributed by atoms with van der Waals surface area (Å²) in [6.07, 6.45) is 7.88. The van der Waals surface area contributed by atoms with Gasteiger partial charge < -0.3 is 9.80 Å². The molecule has 0 radical (unpaired) electrons. The smallest absolute Gasteiger partial charge is 0.226 e. The van der Waals surface area contributed by atoms with Gasteiger partial charge in [0.2, 0.25) is 11.8 Å². The number of aromatic nitrogens is 1. The molecule has 24 heavy (non-hydrogen) atoms. The second kappa shape index (κ2) is 7.64. The van der Waals surface area contributed by atoms with Gasteiger partial charge in [-0.1, -0.05) is 12.8 Å². The molecule has 0 aromatic carbocycles. The van der Waals surface area contributed by atoms with Crippen LogP contribution in [0.25, 0.3) is 0 Å². The minimum Gasteiger partial charge on any atom is -0.342 e. The van der Waals surface area contributed by atoms with Gasteiger partial charge in [-0.3, -0.25) is 14.6 Å². The highest BCUT2D eigenvalue weighted by Gasteiger charge is 2.33. The largest absolute Gasteiger partial charge is 0.342 e. The predicted molar refractivity (Wildman–Crippen MR) is 94.6 cm³/mol. The second-order valence-electron chi connectivity index (χ2n) is 7.11. The van der Waals surface area contributed by atoms with Crippen molar-refractivity contribution in [2.75, 3.05) is 20.1 Å². The number of hydrogen-bond acceptors (Lipinski definition) is 4. The molecule has 1 atom stereocenters. The summed E-state index contributed by atoms with van der Waals surface area (Å²) in [4.78, 5) is 34.3. The number of rotatable bonds is 4. The van der Waals surface area contributed by atoms with Gasteiger partial charge in [0, 0.05) is 43.0 Å². The van der Waals surface area contributed by atoms with Crippen LogP contribution in [-0.4, -0.2) is 46.7 Å². The summed E-state index contributed by atoms with van der Waals surface area (Å²) in [5.74, 6) is 0.804. The van der Waals surface area contributed by atoms with E-state index in [9.17, 15) is 9.59 Å². The zero-order valence-corrected chi connectivity index (χ0v) is 15.4. The molecule has 1 aromatic rings. The molecule has 1 aliphatic heterocycles. The van der Waals surface area contributed by atoms with Crippen LogP contribution in [-0.2, 0) is 9.59 Å². The van der Waals surface area contributed by atoms with Gasteiger partial charge >= 0.3 is 0 Å². The van der Waals surface area contributed by atoms with Crippen LogP contribution in [0, 0.1) is 11.8 Å². The Morgan fingerprint density at radius 3 is 2.46 bits per heavy atom. The first-order valence-corrected chi connectivity index (χ1v) is 9.89. The number of likely N-dealkylation sites (tertiary alicyclic amines) is 1. The first kappa shape index (κ1) is 17.4. The zero-order valence-electron chi connectivity index (χ0n) is 14.6. The first-order valence-electron chi connectivity index (χ1n) is 9.01. The molecule has 6 heteroatoms. The molecule has 0 N–H and O–H groups in total. The highest BCUT2D eigenvalue weighted by atomic mass is 32.1. The summed E-state index contributed by atoms with van der Waals surface area (Å²) < 4.78 is 0. The monoisotopic (exact) mass is 349 g/mol. The van der Waals surface area contributed by atoms with E-state index in [0.29, 0.717) is 5.91 Å². The van der Waals surface area contributed by atoms with Gasteiger partial charge in [0.1, 0.15) is 0 Å². The Morgan fingerprint density at radius 1 is 1.21 bits per heavy atom. The van der Waals surface area contributed by atoms with Gasteiger partial charge in [0.15, 0.2) is 0 Å². The van der Waals surface area contributed by atoms with Crippen molar-refractivity contribution in [1.82, 2.24) is 14.8 Å². The zero-order chi connectivity index (χ0) is 17.1. The SMILES string of the molecule is C[C@@H](c1cncs1)N(C)C(=O)C1CCN(C(=O)C2CCCC2)CC1. The van der Waals surface area contributed by atoms with Crippen LogP contribution < -0.4 is 0 Å². The number of piperidine rings is 1. The Bertz CT molecular complexity index is 561. The number of carbonyl (C=O) groups is 2. The van der Waals surface area contributed by atoms with Crippen molar-refractivity contribution in [3.63, 3.8) is 0 Å². The van der Waals surface area contributed by atoms with E-state index in [2.05, 4.69) is 4.98 Å². The maximum Gasteiger partial charge on any atom is 0.226 e. The van der Waals surface area contributed by atoms with Crippen molar-refractivity contribution in [3.8, 4) is 0 Å². The summed E-state index contributed by atoms with van der Waals surface area (Å²) >= 11 is 1.58. The lowest BCUT2D eigenvalue weighted by molar-refractivity contribution is -0.142. The molecule has 2 fully saturated rings. The van der Waals surface area contributed by atoms with E-state index >= 15 is 0 Å². The Balaban J connectivity index is 1.52. The molecular weight excluding hydrogens is 322 g/mol. The van der Waals surface area contributed by atoms with Crippen molar-refractivity contribution in [1.29, 1.82) is 0 Å². The molecule has 1 saturated heterocycles. The highest BCUT2D eigenvalue weighted by molar-refractivity contribution is 7.09. The summed E-state index contributed by atoms with van der Waals surface area (Å²) in [5.41, 5.74) is 1.80. The van der Waals surface area contributed by atoms with E-state index in [1.807, 2.05) is 30.0 Å². The van der Waals surface area contributed by atoms with Crippen molar-refractivity contribution in [3.05, 3.63) is 16.6 Å². The Kier molecular flexibility index (Phi) is 5.54. The quantitative estimate of drug-likeness (QED) is 0.839. The normalized spacial score (nSPS) is 21.0. The summed E-state index contributed by atoms with van der Waals surface area (Å²) in [6, 6.07) is 0.0585. The van der Waals surface area contributed by atoms with Crippen LogP contribution in [0.5, 0.6) is 0 Å². The number of amides is 2. The standard InChI is InChI=1S/C18H27N3O2S/c1-13(16-11-19-12-24-16)20(2)17(22)15-7-9-21(10-8-15)18(23)14-5-3-4-6-14/h11-15H,3-10H2,1-2H3/t13-/m0/s1. The molecular formula is C18H27N3O2S. The fourth-order valence-corrected chi connectivity index (χ4v) is 4.60. The fraction of sp³-hybridized carbons (Fsp3) is 0.722. The number of carbonyl (C=O) groups excluding carboxylic acids is 2. The Labute approximate surface area is 148 Å². The molecule has 3 rings (SSSR count). The average molecular weight is 350 g/mol.